The molecule has 0 radical (unpaired) electrons. The Labute approximate surface area is 197 Å². The van der Waals surface area contributed by atoms with E-state index in [1.54, 1.807) is 0 Å². The summed E-state index contributed by atoms with van der Waals surface area (Å²) in [7, 11) is 0. The zero-order chi connectivity index (χ0) is 22.7. The van der Waals surface area contributed by atoms with Crippen molar-refractivity contribution in [2.75, 3.05) is 0 Å². The van der Waals surface area contributed by atoms with Crippen LogP contribution in [0.2, 0.25) is 0 Å². The molecule has 1 fully saturated rings. The van der Waals surface area contributed by atoms with Crippen LogP contribution in [0.5, 0.6) is 5.75 Å². The van der Waals surface area contributed by atoms with Crippen molar-refractivity contribution in [1.82, 2.24) is 4.98 Å². The van der Waals surface area contributed by atoms with Gasteiger partial charge in [0.15, 0.2) is 0 Å². The van der Waals surface area contributed by atoms with Crippen molar-refractivity contribution in [3.63, 3.8) is 0 Å². The standard InChI is InChI=1S/C30H35NO2/c1-2-15-29(32)16-17-30(20-23-8-4-3-5-9-23)25(21-29)12-11-24-19-27(13-14-28(24)30)33-22-26-10-6-7-18-31-26/h3-10,13-14,18-19,25,32H,2,11-12,15-17,20-22H2,1H3. The van der Waals surface area contributed by atoms with E-state index in [4.69, 9.17) is 4.74 Å². The average molecular weight is 442 g/mol. The van der Waals surface area contributed by atoms with Crippen LogP contribution in [0.4, 0.5) is 0 Å². The molecule has 0 saturated heterocycles. The summed E-state index contributed by atoms with van der Waals surface area (Å²) < 4.78 is 6.11. The highest BCUT2D eigenvalue weighted by atomic mass is 16.5. The highest BCUT2D eigenvalue weighted by molar-refractivity contribution is 5.45. The summed E-state index contributed by atoms with van der Waals surface area (Å²) >= 11 is 0. The molecule has 2 aromatic carbocycles. The molecular formula is C30H35NO2. The fraction of sp³-hybridized carbons (Fsp3) is 0.433. The monoisotopic (exact) mass is 441 g/mol. The van der Waals surface area contributed by atoms with Crippen molar-refractivity contribution in [3.05, 3.63) is 95.3 Å². The summed E-state index contributed by atoms with van der Waals surface area (Å²) in [6.07, 6.45) is 9.86. The molecule has 172 valence electrons. The molecule has 0 bridgehead atoms. The molecule has 33 heavy (non-hydrogen) atoms. The van der Waals surface area contributed by atoms with Crippen molar-refractivity contribution < 1.29 is 9.84 Å². The van der Waals surface area contributed by atoms with E-state index in [1.807, 2.05) is 24.4 Å². The summed E-state index contributed by atoms with van der Waals surface area (Å²) in [6, 6.07) is 23.6. The van der Waals surface area contributed by atoms with Crippen molar-refractivity contribution in [3.8, 4) is 5.75 Å². The van der Waals surface area contributed by atoms with Gasteiger partial charge in [0.25, 0.3) is 0 Å². The molecule has 1 heterocycles. The highest BCUT2D eigenvalue weighted by Gasteiger charge is 2.51. The number of hydrogen-bond acceptors (Lipinski definition) is 3. The number of aryl methyl sites for hydroxylation is 1. The summed E-state index contributed by atoms with van der Waals surface area (Å²) in [5, 5.41) is 11.3. The minimum Gasteiger partial charge on any atom is -0.487 e. The minimum atomic E-state index is -0.497. The van der Waals surface area contributed by atoms with Gasteiger partial charge in [0.2, 0.25) is 0 Å². The van der Waals surface area contributed by atoms with Gasteiger partial charge in [0.1, 0.15) is 12.4 Å². The number of ether oxygens (including phenoxy) is 1. The molecule has 1 saturated carbocycles. The van der Waals surface area contributed by atoms with Crippen LogP contribution in [-0.4, -0.2) is 15.7 Å². The number of aliphatic hydroxyl groups is 1. The second-order valence-electron chi connectivity index (χ2n) is 10.2. The fourth-order valence-corrected chi connectivity index (χ4v) is 6.45. The molecule has 0 amide bonds. The highest BCUT2D eigenvalue weighted by Crippen LogP contribution is 2.55. The van der Waals surface area contributed by atoms with Crippen LogP contribution in [0, 0.1) is 5.92 Å². The molecule has 1 N–H and O–H groups in total. The molecule has 3 unspecified atom stereocenters. The van der Waals surface area contributed by atoms with Crippen molar-refractivity contribution in [2.24, 2.45) is 5.92 Å². The van der Waals surface area contributed by atoms with Gasteiger partial charge in [-0.2, -0.15) is 0 Å². The van der Waals surface area contributed by atoms with Gasteiger partial charge >= 0.3 is 0 Å². The second kappa shape index (κ2) is 9.30. The van der Waals surface area contributed by atoms with Crippen LogP contribution >= 0.6 is 0 Å². The first-order valence-corrected chi connectivity index (χ1v) is 12.5. The Morgan fingerprint density at radius 2 is 1.88 bits per heavy atom. The lowest BCUT2D eigenvalue weighted by Crippen LogP contribution is -2.51. The van der Waals surface area contributed by atoms with E-state index in [0.29, 0.717) is 12.5 Å². The lowest BCUT2D eigenvalue weighted by atomic mass is 9.52. The number of fused-ring (bicyclic) bond motifs is 3. The van der Waals surface area contributed by atoms with E-state index in [1.165, 1.54) is 16.7 Å². The number of benzene rings is 2. The first-order chi connectivity index (χ1) is 16.1. The topological polar surface area (TPSA) is 42.4 Å². The van der Waals surface area contributed by atoms with Crippen LogP contribution in [0.15, 0.2) is 72.9 Å². The minimum absolute atomic E-state index is 0.0917. The number of pyridine rings is 1. The van der Waals surface area contributed by atoms with E-state index >= 15 is 0 Å². The zero-order valence-electron chi connectivity index (χ0n) is 19.7. The number of nitrogens with zero attached hydrogens (tertiary/aromatic N) is 1. The second-order valence-corrected chi connectivity index (χ2v) is 10.2. The Morgan fingerprint density at radius 3 is 2.67 bits per heavy atom. The summed E-state index contributed by atoms with van der Waals surface area (Å²) in [5.41, 5.74) is 4.83. The normalized spacial score (nSPS) is 26.3. The van der Waals surface area contributed by atoms with Gasteiger partial charge in [0, 0.05) is 11.6 Å². The third kappa shape index (κ3) is 4.56. The Kier molecular flexibility index (Phi) is 6.25. The van der Waals surface area contributed by atoms with Gasteiger partial charge in [0.05, 0.1) is 11.3 Å². The molecule has 1 aromatic heterocycles. The van der Waals surface area contributed by atoms with Gasteiger partial charge in [-0.25, -0.2) is 0 Å². The Hall–Kier alpha value is -2.65. The van der Waals surface area contributed by atoms with Crippen molar-refractivity contribution >= 4 is 0 Å². The molecular weight excluding hydrogens is 406 g/mol. The zero-order valence-corrected chi connectivity index (χ0v) is 19.7. The van der Waals surface area contributed by atoms with Gasteiger partial charge in [-0.1, -0.05) is 55.8 Å². The van der Waals surface area contributed by atoms with Gasteiger partial charge in [-0.05, 0) is 91.8 Å². The predicted molar refractivity (Wildman–Crippen MR) is 132 cm³/mol. The molecule has 3 heteroatoms. The summed E-state index contributed by atoms with van der Waals surface area (Å²) in [4.78, 5) is 4.37. The first kappa shape index (κ1) is 22.2. The fourth-order valence-electron chi connectivity index (χ4n) is 6.45. The maximum Gasteiger partial charge on any atom is 0.130 e. The maximum absolute atomic E-state index is 11.3. The summed E-state index contributed by atoms with van der Waals surface area (Å²) in [5.74, 6) is 1.43. The van der Waals surface area contributed by atoms with Crippen molar-refractivity contribution in [1.29, 1.82) is 0 Å². The summed E-state index contributed by atoms with van der Waals surface area (Å²) in [6.45, 7) is 2.67. The Balaban J connectivity index is 1.45. The van der Waals surface area contributed by atoms with E-state index in [-0.39, 0.29) is 5.41 Å². The quantitative estimate of drug-likeness (QED) is 0.460. The molecule has 0 spiro atoms. The van der Waals surface area contributed by atoms with Crippen molar-refractivity contribution in [2.45, 2.75) is 75.9 Å². The van der Waals surface area contributed by atoms with Crippen LogP contribution < -0.4 is 4.74 Å². The van der Waals surface area contributed by atoms with Crippen LogP contribution in [0.1, 0.15) is 67.8 Å². The lowest BCUT2D eigenvalue weighted by molar-refractivity contribution is -0.0565. The van der Waals surface area contributed by atoms with Gasteiger partial charge in [-0.15, -0.1) is 0 Å². The lowest BCUT2D eigenvalue weighted by Gasteiger charge is -2.53. The van der Waals surface area contributed by atoms with E-state index in [0.717, 1.165) is 62.8 Å². The first-order valence-electron chi connectivity index (χ1n) is 12.5. The molecule has 0 aliphatic heterocycles. The molecule has 3 aromatic rings. The average Bonchev–Trinajstić information content (AvgIpc) is 2.84. The van der Waals surface area contributed by atoms with Gasteiger partial charge < -0.3 is 9.84 Å². The number of hydrogen-bond donors (Lipinski definition) is 1. The van der Waals surface area contributed by atoms with Crippen LogP contribution in [-0.2, 0) is 24.9 Å². The SMILES string of the molecule is CCCC1(O)CCC2(Cc3ccccc3)c3ccc(OCc4ccccn4)cc3CCC2C1. The smallest absolute Gasteiger partial charge is 0.130 e. The number of aromatic nitrogens is 1. The van der Waals surface area contributed by atoms with E-state index in [9.17, 15) is 5.11 Å². The van der Waals surface area contributed by atoms with Crippen LogP contribution in [0.3, 0.4) is 0 Å². The molecule has 2 aliphatic rings. The van der Waals surface area contributed by atoms with Gasteiger partial charge in [-0.3, -0.25) is 4.98 Å². The molecule has 3 nitrogen and oxygen atoms in total. The molecule has 3 atom stereocenters. The Morgan fingerprint density at radius 1 is 1.03 bits per heavy atom. The molecule has 5 rings (SSSR count). The predicted octanol–water partition coefficient (Wildman–Crippen LogP) is 6.42. The van der Waals surface area contributed by atoms with E-state index in [2.05, 4.69) is 60.4 Å². The van der Waals surface area contributed by atoms with Crippen LogP contribution in [0.25, 0.3) is 0 Å². The molecule has 2 aliphatic carbocycles. The third-order valence-corrected chi connectivity index (χ3v) is 8.01. The Bertz CT molecular complexity index is 1070. The largest absolute Gasteiger partial charge is 0.487 e. The number of rotatable bonds is 7. The third-order valence-electron chi connectivity index (χ3n) is 8.01. The maximum atomic E-state index is 11.3. The van der Waals surface area contributed by atoms with E-state index < -0.39 is 5.60 Å².